The van der Waals surface area contributed by atoms with Gasteiger partial charge in [0.2, 0.25) is 0 Å². The highest BCUT2D eigenvalue weighted by atomic mass is 35.5. The number of carbonyl (C=O) groups excluding carboxylic acids is 2. The fourth-order valence-corrected chi connectivity index (χ4v) is 3.40. The Morgan fingerprint density at radius 3 is 2.44 bits per heavy atom. The van der Waals surface area contributed by atoms with Gasteiger partial charge in [-0.1, -0.05) is 37.6 Å². The van der Waals surface area contributed by atoms with Gasteiger partial charge in [0, 0.05) is 17.5 Å². The molecule has 2 aromatic rings. The normalized spacial score (nSPS) is 10.8. The largest absolute Gasteiger partial charge is 0.468 e. The number of ether oxygens (including phenoxy) is 1. The first-order valence-corrected chi connectivity index (χ1v) is 9.09. The van der Waals surface area contributed by atoms with Crippen LogP contribution in [0, 0.1) is 6.92 Å². The molecule has 0 bridgehead atoms. The van der Waals surface area contributed by atoms with Crippen LogP contribution in [0.4, 0.5) is 0 Å². The van der Waals surface area contributed by atoms with Gasteiger partial charge < -0.3 is 9.64 Å². The second kappa shape index (κ2) is 8.45. The lowest BCUT2D eigenvalue weighted by molar-refractivity contribution is -0.141. The lowest BCUT2D eigenvalue weighted by atomic mass is 10.2. The van der Waals surface area contributed by atoms with Crippen molar-refractivity contribution < 1.29 is 14.3 Å². The van der Waals surface area contributed by atoms with Crippen LogP contribution in [0.2, 0.25) is 5.02 Å². The molecule has 5 nitrogen and oxygen atoms in total. The van der Waals surface area contributed by atoms with Gasteiger partial charge >= 0.3 is 5.97 Å². The number of benzene rings is 1. The highest BCUT2D eigenvalue weighted by Crippen LogP contribution is 2.26. The van der Waals surface area contributed by atoms with Gasteiger partial charge in [0.05, 0.1) is 17.8 Å². The van der Waals surface area contributed by atoms with E-state index in [9.17, 15) is 9.59 Å². The third-order valence-electron chi connectivity index (χ3n) is 3.62. The molecule has 7 heteroatoms. The first-order chi connectivity index (χ1) is 11.8. The maximum atomic E-state index is 13.0. The van der Waals surface area contributed by atoms with Crippen LogP contribution in [0.15, 0.2) is 24.3 Å². The van der Waals surface area contributed by atoms with Gasteiger partial charge in [-0.05, 0) is 24.6 Å². The molecule has 0 aliphatic heterocycles. The summed E-state index contributed by atoms with van der Waals surface area (Å²) in [5, 5.41) is 1.53. The van der Waals surface area contributed by atoms with Gasteiger partial charge in [0.25, 0.3) is 5.91 Å². The number of rotatable bonds is 6. The fraction of sp³-hybridized carbons (Fsp3) is 0.389. The number of nitrogens with zero attached hydrogens (tertiary/aromatic N) is 2. The Balaban J connectivity index is 2.29. The molecule has 0 atom stereocenters. The molecule has 1 amide bonds. The topological polar surface area (TPSA) is 59.5 Å². The molecular weight excluding hydrogens is 360 g/mol. The van der Waals surface area contributed by atoms with Crippen molar-refractivity contribution in [3.63, 3.8) is 0 Å². The Hall–Kier alpha value is -1.92. The zero-order chi connectivity index (χ0) is 18.6. The summed E-state index contributed by atoms with van der Waals surface area (Å²) in [6.45, 7) is 6.05. The quantitative estimate of drug-likeness (QED) is 0.709. The monoisotopic (exact) mass is 380 g/mol. The predicted molar refractivity (Wildman–Crippen MR) is 99.1 cm³/mol. The van der Waals surface area contributed by atoms with Gasteiger partial charge in [-0.15, -0.1) is 11.3 Å². The number of halogens is 1. The molecule has 1 aromatic carbocycles. The highest BCUT2D eigenvalue weighted by Gasteiger charge is 2.24. The molecule has 0 aliphatic rings. The number of methoxy groups -OCH3 is 1. The number of hydrogen-bond donors (Lipinski definition) is 0. The molecule has 0 radical (unpaired) electrons. The number of hydrogen-bond acceptors (Lipinski definition) is 5. The summed E-state index contributed by atoms with van der Waals surface area (Å²) in [5.74, 6) is -0.439. The third kappa shape index (κ3) is 5.03. The van der Waals surface area contributed by atoms with Crippen molar-refractivity contribution in [2.24, 2.45) is 0 Å². The second-order valence-corrected chi connectivity index (χ2v) is 7.45. The number of aryl methyl sites for hydroxylation is 1. The van der Waals surface area contributed by atoms with Crippen LogP contribution in [0.5, 0.6) is 0 Å². The summed E-state index contributed by atoms with van der Waals surface area (Å²) in [7, 11) is 1.31. The molecule has 1 heterocycles. The number of thiazole rings is 1. The van der Waals surface area contributed by atoms with Crippen LogP contribution in [0.3, 0.4) is 0 Å². The minimum absolute atomic E-state index is 0.119. The number of carbonyl (C=O) groups is 2. The molecule has 0 saturated carbocycles. The number of esters is 1. The van der Waals surface area contributed by atoms with Crippen LogP contribution >= 0.6 is 22.9 Å². The molecule has 0 saturated heterocycles. The Morgan fingerprint density at radius 1 is 1.28 bits per heavy atom. The zero-order valence-electron chi connectivity index (χ0n) is 14.7. The summed E-state index contributed by atoms with van der Waals surface area (Å²) in [5.41, 5.74) is 1.57. The Labute approximate surface area is 156 Å². The number of amides is 1. The van der Waals surface area contributed by atoms with Gasteiger partial charge in [-0.3, -0.25) is 9.59 Å². The average Bonchev–Trinajstić information content (AvgIpc) is 2.97. The van der Waals surface area contributed by atoms with E-state index in [1.54, 1.807) is 12.1 Å². The van der Waals surface area contributed by atoms with Crippen molar-refractivity contribution in [1.82, 2.24) is 9.88 Å². The molecular formula is C18H21ClN2O3S. The molecule has 25 heavy (non-hydrogen) atoms. The van der Waals surface area contributed by atoms with Gasteiger partial charge in [-0.2, -0.15) is 0 Å². The van der Waals surface area contributed by atoms with E-state index in [4.69, 9.17) is 16.3 Å². The average molecular weight is 381 g/mol. The van der Waals surface area contributed by atoms with E-state index >= 15 is 0 Å². The summed E-state index contributed by atoms with van der Waals surface area (Å²) in [6.07, 6.45) is 0. The lowest BCUT2D eigenvalue weighted by Gasteiger charge is -2.21. The van der Waals surface area contributed by atoms with E-state index < -0.39 is 5.97 Å². The predicted octanol–water partition coefficient (Wildman–Crippen LogP) is 4.04. The van der Waals surface area contributed by atoms with Crippen LogP contribution in [-0.4, -0.2) is 35.4 Å². The van der Waals surface area contributed by atoms with Crippen molar-refractivity contribution in [2.45, 2.75) is 33.2 Å². The van der Waals surface area contributed by atoms with Crippen molar-refractivity contribution in [1.29, 1.82) is 0 Å². The second-order valence-electron chi connectivity index (χ2n) is 5.99. The maximum absolute atomic E-state index is 13.0. The van der Waals surface area contributed by atoms with Gasteiger partial charge in [0.15, 0.2) is 0 Å². The highest BCUT2D eigenvalue weighted by molar-refractivity contribution is 7.13. The van der Waals surface area contributed by atoms with E-state index in [0.29, 0.717) is 22.1 Å². The smallest absolute Gasteiger partial charge is 0.325 e. The first-order valence-electron chi connectivity index (χ1n) is 7.89. The standard InChI is InChI=1S/C18H21ClN2O3S/c1-11(2)17-20-12(3)16(25-17)18(23)21(10-15(22)24-4)9-13-5-7-14(19)8-6-13/h5-8,11H,9-10H2,1-4H3. The van der Waals surface area contributed by atoms with E-state index in [0.717, 1.165) is 10.6 Å². The first kappa shape index (κ1) is 19.4. The molecule has 0 N–H and O–H groups in total. The lowest BCUT2D eigenvalue weighted by Crippen LogP contribution is -2.35. The van der Waals surface area contributed by atoms with E-state index in [1.165, 1.54) is 23.3 Å². The molecule has 0 fully saturated rings. The van der Waals surface area contributed by atoms with Gasteiger partial charge in [0.1, 0.15) is 11.4 Å². The Kier molecular flexibility index (Phi) is 6.56. The maximum Gasteiger partial charge on any atom is 0.325 e. The van der Waals surface area contributed by atoms with Crippen LogP contribution in [0.25, 0.3) is 0 Å². The fourth-order valence-electron chi connectivity index (χ4n) is 2.24. The molecule has 0 spiro atoms. The Morgan fingerprint density at radius 2 is 1.92 bits per heavy atom. The van der Waals surface area contributed by atoms with E-state index in [-0.39, 0.29) is 18.4 Å². The SMILES string of the molecule is COC(=O)CN(Cc1ccc(Cl)cc1)C(=O)c1sc(C(C)C)nc1C. The minimum Gasteiger partial charge on any atom is -0.468 e. The van der Waals surface area contributed by atoms with E-state index in [2.05, 4.69) is 4.98 Å². The molecule has 0 aliphatic carbocycles. The van der Waals surface area contributed by atoms with Crippen molar-refractivity contribution in [3.8, 4) is 0 Å². The molecule has 2 rings (SSSR count). The summed E-state index contributed by atoms with van der Waals surface area (Å²) in [4.78, 5) is 31.2. The third-order valence-corrected chi connectivity index (χ3v) is 5.32. The zero-order valence-corrected chi connectivity index (χ0v) is 16.3. The van der Waals surface area contributed by atoms with E-state index in [1.807, 2.05) is 32.9 Å². The van der Waals surface area contributed by atoms with Crippen LogP contribution in [-0.2, 0) is 16.1 Å². The minimum atomic E-state index is -0.464. The summed E-state index contributed by atoms with van der Waals surface area (Å²) >= 11 is 7.28. The van der Waals surface area contributed by atoms with Crippen LogP contribution < -0.4 is 0 Å². The summed E-state index contributed by atoms with van der Waals surface area (Å²) in [6, 6.07) is 7.18. The molecule has 1 aromatic heterocycles. The van der Waals surface area contributed by atoms with Crippen molar-refractivity contribution in [2.75, 3.05) is 13.7 Å². The van der Waals surface area contributed by atoms with Crippen molar-refractivity contribution in [3.05, 3.63) is 50.4 Å². The molecule has 134 valence electrons. The number of aromatic nitrogens is 1. The van der Waals surface area contributed by atoms with Crippen LogP contribution in [0.1, 0.15) is 45.7 Å². The van der Waals surface area contributed by atoms with Crippen molar-refractivity contribution >= 4 is 34.8 Å². The summed E-state index contributed by atoms with van der Waals surface area (Å²) < 4.78 is 4.73. The molecule has 0 unspecified atom stereocenters. The van der Waals surface area contributed by atoms with Gasteiger partial charge in [-0.25, -0.2) is 4.98 Å². The Bertz CT molecular complexity index is 756.